The molecule has 3 aromatic carbocycles. The van der Waals surface area contributed by atoms with E-state index >= 15 is 0 Å². The topological polar surface area (TPSA) is 4.93 Å². The number of allylic oxidation sites excluding steroid dienone is 3. The van der Waals surface area contributed by atoms with Crippen molar-refractivity contribution in [1.29, 1.82) is 0 Å². The highest BCUT2D eigenvalue weighted by Crippen LogP contribution is 2.36. The van der Waals surface area contributed by atoms with E-state index < -0.39 is 0 Å². The Morgan fingerprint density at radius 3 is 1.84 bits per heavy atom. The van der Waals surface area contributed by atoms with Gasteiger partial charge in [-0.25, -0.2) is 0 Å². The summed E-state index contributed by atoms with van der Waals surface area (Å²) in [6.45, 7) is 18.0. The van der Waals surface area contributed by atoms with Crippen LogP contribution in [0.3, 0.4) is 0 Å². The van der Waals surface area contributed by atoms with Gasteiger partial charge in [0.15, 0.2) is 0 Å². The molecule has 1 nitrogen and oxygen atoms in total. The van der Waals surface area contributed by atoms with Crippen molar-refractivity contribution >= 4 is 44.7 Å². The summed E-state index contributed by atoms with van der Waals surface area (Å²) in [6, 6.07) is 17.4. The van der Waals surface area contributed by atoms with E-state index in [0.29, 0.717) is 0 Å². The number of nitrogens with zero attached hydrogens (tertiary/aromatic N) is 1. The van der Waals surface area contributed by atoms with Gasteiger partial charge in [0.1, 0.15) is 0 Å². The first-order chi connectivity index (χ1) is 15.2. The summed E-state index contributed by atoms with van der Waals surface area (Å²) in [7, 11) is 2.16. The SMILES string of the molecule is C/C=C\C.C=Cc1ccc2c3ccc4ccccc4c3n(C)c2c1/C=C\C.CC.CC. The van der Waals surface area contributed by atoms with E-state index in [9.17, 15) is 0 Å². The molecule has 0 aliphatic carbocycles. The molecule has 1 heterocycles. The van der Waals surface area contributed by atoms with E-state index in [4.69, 9.17) is 0 Å². The lowest BCUT2D eigenvalue weighted by Gasteiger charge is -2.07. The first-order valence-electron chi connectivity index (χ1n) is 11.4. The maximum atomic E-state index is 3.97. The highest BCUT2D eigenvalue weighted by atomic mass is 14.9. The van der Waals surface area contributed by atoms with Gasteiger partial charge in [0.05, 0.1) is 11.0 Å². The standard InChI is InChI=1S/C22H19N.C4H8.2C2H6/c1-4-8-17-15(5-2)11-13-19-20-14-12-16-9-6-7-10-18(16)22(20)23(3)21(17)19;1-3-4-2;2*1-2/h4-14H,2H2,1,3H3;3-4H,1-2H3;2*1-2H3/b8-4-;4-3-;;. The van der Waals surface area contributed by atoms with Gasteiger partial charge in [0, 0.05) is 28.8 Å². The molecule has 0 amide bonds. The van der Waals surface area contributed by atoms with Crippen LogP contribution >= 0.6 is 0 Å². The molecule has 31 heavy (non-hydrogen) atoms. The molecule has 0 saturated carbocycles. The first-order valence-corrected chi connectivity index (χ1v) is 11.4. The minimum Gasteiger partial charge on any atom is -0.343 e. The van der Waals surface area contributed by atoms with Gasteiger partial charge >= 0.3 is 0 Å². The van der Waals surface area contributed by atoms with E-state index in [1.807, 2.05) is 59.8 Å². The third kappa shape index (κ3) is 5.35. The highest BCUT2D eigenvalue weighted by molar-refractivity contribution is 6.19. The van der Waals surface area contributed by atoms with Crippen molar-refractivity contribution in [3.8, 4) is 0 Å². The Bertz CT molecular complexity index is 1170. The summed E-state index contributed by atoms with van der Waals surface area (Å²) in [5.74, 6) is 0. The molecule has 0 bridgehead atoms. The van der Waals surface area contributed by atoms with Crippen LogP contribution in [-0.4, -0.2) is 4.57 Å². The Balaban J connectivity index is 0.000000532. The average Bonchev–Trinajstić information content (AvgIpc) is 3.14. The summed E-state index contributed by atoms with van der Waals surface area (Å²) < 4.78 is 2.33. The van der Waals surface area contributed by atoms with Crippen LogP contribution in [0.4, 0.5) is 0 Å². The molecule has 4 rings (SSSR count). The Morgan fingerprint density at radius 1 is 0.677 bits per heavy atom. The minimum absolute atomic E-state index is 1.17. The molecule has 0 saturated heterocycles. The Labute approximate surface area is 189 Å². The van der Waals surface area contributed by atoms with Gasteiger partial charge in [0.25, 0.3) is 0 Å². The second-order valence-electron chi connectivity index (χ2n) is 6.58. The fourth-order valence-corrected chi connectivity index (χ4v) is 3.67. The first kappa shape index (κ1) is 26.0. The molecule has 1 aromatic heterocycles. The predicted octanol–water partition coefficient (Wildman–Crippen LogP) is 9.80. The van der Waals surface area contributed by atoms with Crippen LogP contribution in [0.2, 0.25) is 0 Å². The minimum atomic E-state index is 1.17. The van der Waals surface area contributed by atoms with Crippen molar-refractivity contribution in [1.82, 2.24) is 4.57 Å². The van der Waals surface area contributed by atoms with Crippen molar-refractivity contribution in [3.05, 3.63) is 84.5 Å². The summed E-state index contributed by atoms with van der Waals surface area (Å²) >= 11 is 0. The van der Waals surface area contributed by atoms with E-state index in [0.717, 1.165) is 0 Å². The van der Waals surface area contributed by atoms with Crippen LogP contribution in [0.5, 0.6) is 0 Å². The smallest absolute Gasteiger partial charge is 0.0568 e. The summed E-state index contributed by atoms with van der Waals surface area (Å²) in [5.41, 5.74) is 4.98. The molecule has 164 valence electrons. The Hall–Kier alpha value is -3.06. The zero-order valence-electron chi connectivity index (χ0n) is 20.7. The molecule has 0 N–H and O–H groups in total. The van der Waals surface area contributed by atoms with E-state index in [-0.39, 0.29) is 0 Å². The lowest BCUT2D eigenvalue weighted by molar-refractivity contribution is 1.02. The quantitative estimate of drug-likeness (QED) is 0.288. The molecule has 0 spiro atoms. The number of hydrogen-bond donors (Lipinski definition) is 0. The Kier molecular flexibility index (Phi) is 11.1. The van der Waals surface area contributed by atoms with Crippen molar-refractivity contribution in [2.24, 2.45) is 7.05 Å². The molecule has 0 aliphatic rings. The third-order valence-electron chi connectivity index (χ3n) is 5.00. The molecule has 0 atom stereocenters. The van der Waals surface area contributed by atoms with E-state index in [1.54, 1.807) is 0 Å². The second-order valence-corrected chi connectivity index (χ2v) is 6.58. The van der Waals surface area contributed by atoms with E-state index in [1.165, 1.54) is 43.7 Å². The van der Waals surface area contributed by atoms with Gasteiger partial charge in [-0.15, -0.1) is 0 Å². The number of aromatic nitrogens is 1. The van der Waals surface area contributed by atoms with Crippen molar-refractivity contribution in [2.45, 2.75) is 48.5 Å². The fraction of sp³-hybridized carbons (Fsp3) is 0.267. The molecule has 0 unspecified atom stereocenters. The summed E-state index contributed by atoms with van der Waals surface area (Å²) in [6.07, 6.45) is 10.2. The molecular weight excluding hydrogens is 374 g/mol. The van der Waals surface area contributed by atoms with Crippen LogP contribution in [0.15, 0.2) is 73.3 Å². The Morgan fingerprint density at radius 2 is 1.26 bits per heavy atom. The second kappa shape index (κ2) is 13.3. The van der Waals surface area contributed by atoms with Crippen LogP contribution in [0.1, 0.15) is 59.6 Å². The van der Waals surface area contributed by atoms with Crippen LogP contribution in [-0.2, 0) is 7.05 Å². The largest absolute Gasteiger partial charge is 0.343 e. The summed E-state index contributed by atoms with van der Waals surface area (Å²) in [5, 5.41) is 5.19. The fourth-order valence-electron chi connectivity index (χ4n) is 3.67. The number of hydrogen-bond acceptors (Lipinski definition) is 0. The van der Waals surface area contributed by atoms with Crippen molar-refractivity contribution in [2.75, 3.05) is 0 Å². The molecule has 0 radical (unpaired) electrons. The van der Waals surface area contributed by atoms with Gasteiger partial charge in [0.2, 0.25) is 0 Å². The lowest BCUT2D eigenvalue weighted by Crippen LogP contribution is -1.92. The number of benzene rings is 3. The van der Waals surface area contributed by atoms with Gasteiger partial charge in [-0.05, 0) is 31.7 Å². The molecule has 0 fully saturated rings. The maximum Gasteiger partial charge on any atom is 0.0568 e. The molecule has 1 heteroatoms. The van der Waals surface area contributed by atoms with Gasteiger partial charge in [-0.2, -0.15) is 0 Å². The molecule has 0 aliphatic heterocycles. The lowest BCUT2D eigenvalue weighted by atomic mass is 10.0. The van der Waals surface area contributed by atoms with Gasteiger partial charge < -0.3 is 4.57 Å². The number of rotatable bonds is 2. The van der Waals surface area contributed by atoms with Crippen molar-refractivity contribution in [3.63, 3.8) is 0 Å². The van der Waals surface area contributed by atoms with Gasteiger partial charge in [-0.3, -0.25) is 0 Å². The van der Waals surface area contributed by atoms with Crippen molar-refractivity contribution < 1.29 is 0 Å². The monoisotopic (exact) mass is 413 g/mol. The third-order valence-corrected chi connectivity index (χ3v) is 5.00. The van der Waals surface area contributed by atoms with E-state index in [2.05, 4.69) is 85.8 Å². The normalized spacial score (nSPS) is 10.5. The molecule has 4 aromatic rings. The predicted molar refractivity (Wildman–Crippen MR) is 146 cm³/mol. The number of fused-ring (bicyclic) bond motifs is 5. The van der Waals surface area contributed by atoms with Crippen LogP contribution < -0.4 is 0 Å². The zero-order valence-corrected chi connectivity index (χ0v) is 20.7. The van der Waals surface area contributed by atoms with Crippen LogP contribution in [0.25, 0.3) is 44.7 Å². The maximum absolute atomic E-state index is 3.97. The summed E-state index contributed by atoms with van der Waals surface area (Å²) in [4.78, 5) is 0. The molecular formula is C30H39N. The van der Waals surface area contributed by atoms with Crippen LogP contribution in [0, 0.1) is 0 Å². The average molecular weight is 414 g/mol. The highest BCUT2D eigenvalue weighted by Gasteiger charge is 2.14. The zero-order chi connectivity index (χ0) is 23.4. The number of aryl methyl sites for hydroxylation is 1. The van der Waals surface area contributed by atoms with Gasteiger partial charge in [-0.1, -0.05) is 113 Å².